The van der Waals surface area contributed by atoms with Crippen molar-refractivity contribution in [3.05, 3.63) is 34.2 Å². The molecular formula is C15H22N4O. The van der Waals surface area contributed by atoms with Crippen LogP contribution >= 0.6 is 0 Å². The number of hydrogen-bond donors (Lipinski definition) is 3. The lowest BCUT2D eigenvalue weighted by Gasteiger charge is -2.18. The molecule has 0 spiro atoms. The monoisotopic (exact) mass is 274 g/mol. The van der Waals surface area contributed by atoms with E-state index >= 15 is 0 Å². The summed E-state index contributed by atoms with van der Waals surface area (Å²) in [5, 5.41) is 3.55. The van der Waals surface area contributed by atoms with E-state index in [2.05, 4.69) is 33.2 Å². The summed E-state index contributed by atoms with van der Waals surface area (Å²) in [6, 6.07) is 6.36. The largest absolute Gasteiger partial charge is 0.323 e. The summed E-state index contributed by atoms with van der Waals surface area (Å²) >= 11 is 0. The van der Waals surface area contributed by atoms with Gasteiger partial charge >= 0.3 is 5.69 Å². The number of aromatic nitrogens is 2. The molecular weight excluding hydrogens is 252 g/mol. The van der Waals surface area contributed by atoms with Crippen LogP contribution in [0.4, 0.5) is 0 Å². The first kappa shape index (κ1) is 13.4. The molecule has 1 aliphatic rings. The second kappa shape index (κ2) is 5.81. The van der Waals surface area contributed by atoms with Crippen molar-refractivity contribution in [2.75, 3.05) is 26.2 Å². The normalized spacial score (nSPS) is 17.9. The average Bonchev–Trinajstić information content (AvgIpc) is 3.05. The van der Waals surface area contributed by atoms with E-state index in [9.17, 15) is 4.79 Å². The van der Waals surface area contributed by atoms with Crippen LogP contribution in [0.5, 0.6) is 0 Å². The minimum atomic E-state index is -0.146. The lowest BCUT2D eigenvalue weighted by atomic mass is 10.1. The van der Waals surface area contributed by atoms with Crippen LogP contribution in [0, 0.1) is 0 Å². The molecule has 3 N–H and O–H groups in total. The second-order valence-corrected chi connectivity index (χ2v) is 5.61. The van der Waals surface area contributed by atoms with E-state index in [4.69, 9.17) is 0 Å². The van der Waals surface area contributed by atoms with Gasteiger partial charge in [-0.15, -0.1) is 0 Å². The van der Waals surface area contributed by atoms with Gasteiger partial charge in [-0.2, -0.15) is 0 Å². The lowest BCUT2D eigenvalue weighted by Crippen LogP contribution is -2.31. The summed E-state index contributed by atoms with van der Waals surface area (Å²) in [4.78, 5) is 19.3. The smallest absolute Gasteiger partial charge is 0.309 e. The first-order chi connectivity index (χ1) is 9.72. The molecule has 1 aromatic carbocycles. The van der Waals surface area contributed by atoms with Gasteiger partial charge in [0.2, 0.25) is 0 Å². The van der Waals surface area contributed by atoms with Gasteiger partial charge in [-0.05, 0) is 50.6 Å². The van der Waals surface area contributed by atoms with Crippen molar-refractivity contribution in [1.82, 2.24) is 20.2 Å². The molecule has 5 heteroatoms. The molecule has 2 aromatic rings. The summed E-state index contributed by atoms with van der Waals surface area (Å²) in [5.41, 5.74) is 2.80. The third-order valence-electron chi connectivity index (χ3n) is 4.12. The standard InChI is InChI=1S/C15H22N4O/c1-11(16-6-9-19-7-2-3-8-19)12-4-5-13-14(10-12)18-15(20)17-13/h4-5,10-11,16H,2-3,6-9H2,1H3,(H2,17,18,20). The number of nitrogens with one attached hydrogen (secondary N) is 3. The van der Waals surface area contributed by atoms with Crippen LogP contribution in [-0.2, 0) is 0 Å². The summed E-state index contributed by atoms with van der Waals surface area (Å²) in [7, 11) is 0. The second-order valence-electron chi connectivity index (χ2n) is 5.61. The van der Waals surface area contributed by atoms with Gasteiger partial charge in [0.25, 0.3) is 0 Å². The molecule has 3 rings (SSSR count). The highest BCUT2D eigenvalue weighted by Crippen LogP contribution is 2.16. The average molecular weight is 274 g/mol. The molecule has 2 heterocycles. The van der Waals surface area contributed by atoms with Crippen LogP contribution in [0.2, 0.25) is 0 Å². The third kappa shape index (κ3) is 2.94. The van der Waals surface area contributed by atoms with Crippen LogP contribution < -0.4 is 11.0 Å². The molecule has 0 saturated carbocycles. The SMILES string of the molecule is CC(NCCN1CCCC1)c1ccc2[nH]c(=O)[nH]c2c1. The quantitative estimate of drug-likeness (QED) is 0.776. The highest BCUT2D eigenvalue weighted by atomic mass is 16.1. The number of H-pyrrole nitrogens is 2. The van der Waals surface area contributed by atoms with E-state index in [0.29, 0.717) is 6.04 Å². The molecule has 1 saturated heterocycles. The number of nitrogens with zero attached hydrogens (tertiary/aromatic N) is 1. The lowest BCUT2D eigenvalue weighted by molar-refractivity contribution is 0.330. The molecule has 0 bridgehead atoms. The first-order valence-electron chi connectivity index (χ1n) is 7.40. The molecule has 1 atom stereocenters. The predicted molar refractivity (Wildman–Crippen MR) is 81.0 cm³/mol. The number of aromatic amines is 2. The molecule has 20 heavy (non-hydrogen) atoms. The Balaban J connectivity index is 1.59. The van der Waals surface area contributed by atoms with Gasteiger partial charge in [0, 0.05) is 19.1 Å². The van der Waals surface area contributed by atoms with E-state index in [-0.39, 0.29) is 5.69 Å². The van der Waals surface area contributed by atoms with E-state index in [1.807, 2.05) is 12.1 Å². The topological polar surface area (TPSA) is 63.9 Å². The highest BCUT2D eigenvalue weighted by molar-refractivity contribution is 5.75. The van der Waals surface area contributed by atoms with Gasteiger partial charge in [0.05, 0.1) is 11.0 Å². The fraction of sp³-hybridized carbons (Fsp3) is 0.533. The number of fused-ring (bicyclic) bond motifs is 1. The summed E-state index contributed by atoms with van der Waals surface area (Å²) in [5.74, 6) is 0. The minimum absolute atomic E-state index is 0.146. The fourth-order valence-electron chi connectivity index (χ4n) is 2.88. The predicted octanol–water partition coefficient (Wildman–Crippen LogP) is 1.60. The highest BCUT2D eigenvalue weighted by Gasteiger charge is 2.12. The molecule has 1 aliphatic heterocycles. The first-order valence-corrected chi connectivity index (χ1v) is 7.40. The Morgan fingerprint density at radius 2 is 2.00 bits per heavy atom. The van der Waals surface area contributed by atoms with Crippen molar-refractivity contribution in [2.24, 2.45) is 0 Å². The molecule has 108 valence electrons. The van der Waals surface area contributed by atoms with Crippen molar-refractivity contribution < 1.29 is 0 Å². The fourth-order valence-corrected chi connectivity index (χ4v) is 2.88. The van der Waals surface area contributed by atoms with Crippen LogP contribution in [0.3, 0.4) is 0 Å². The van der Waals surface area contributed by atoms with E-state index in [1.165, 1.54) is 31.5 Å². The molecule has 1 fully saturated rings. The van der Waals surface area contributed by atoms with Gasteiger partial charge in [-0.1, -0.05) is 6.07 Å². The van der Waals surface area contributed by atoms with E-state index in [1.54, 1.807) is 0 Å². The maximum atomic E-state index is 11.3. The van der Waals surface area contributed by atoms with Crippen molar-refractivity contribution in [3.63, 3.8) is 0 Å². The molecule has 1 aromatic heterocycles. The van der Waals surface area contributed by atoms with Crippen molar-refractivity contribution in [3.8, 4) is 0 Å². The van der Waals surface area contributed by atoms with Gasteiger partial charge in [0.15, 0.2) is 0 Å². The zero-order valence-corrected chi connectivity index (χ0v) is 11.9. The Labute approximate surface area is 118 Å². The van der Waals surface area contributed by atoms with E-state index < -0.39 is 0 Å². The number of likely N-dealkylation sites (tertiary alicyclic amines) is 1. The van der Waals surface area contributed by atoms with E-state index in [0.717, 1.165) is 24.1 Å². The third-order valence-corrected chi connectivity index (χ3v) is 4.12. The van der Waals surface area contributed by atoms with Crippen LogP contribution in [0.1, 0.15) is 31.4 Å². The van der Waals surface area contributed by atoms with Crippen molar-refractivity contribution >= 4 is 11.0 Å². The van der Waals surface area contributed by atoms with Crippen molar-refractivity contribution in [1.29, 1.82) is 0 Å². The van der Waals surface area contributed by atoms with Crippen LogP contribution in [0.15, 0.2) is 23.0 Å². The Morgan fingerprint density at radius 1 is 1.25 bits per heavy atom. The number of rotatable bonds is 5. The Bertz CT molecular complexity index is 624. The number of benzene rings is 1. The maximum absolute atomic E-state index is 11.3. The van der Waals surface area contributed by atoms with Gasteiger partial charge in [0.1, 0.15) is 0 Å². The summed E-state index contributed by atoms with van der Waals surface area (Å²) in [6.45, 7) is 6.77. The molecule has 1 unspecified atom stereocenters. The maximum Gasteiger partial charge on any atom is 0.323 e. The summed E-state index contributed by atoms with van der Waals surface area (Å²) < 4.78 is 0. The van der Waals surface area contributed by atoms with Crippen LogP contribution in [0.25, 0.3) is 11.0 Å². The Morgan fingerprint density at radius 3 is 2.80 bits per heavy atom. The zero-order valence-electron chi connectivity index (χ0n) is 11.9. The molecule has 0 amide bonds. The van der Waals surface area contributed by atoms with Crippen LogP contribution in [-0.4, -0.2) is 41.0 Å². The zero-order chi connectivity index (χ0) is 13.9. The molecule has 0 aliphatic carbocycles. The Hall–Kier alpha value is -1.59. The molecule has 5 nitrogen and oxygen atoms in total. The number of imidazole rings is 1. The van der Waals surface area contributed by atoms with Gasteiger partial charge in [-0.3, -0.25) is 0 Å². The number of hydrogen-bond acceptors (Lipinski definition) is 3. The summed E-state index contributed by atoms with van der Waals surface area (Å²) in [6.07, 6.45) is 2.68. The van der Waals surface area contributed by atoms with Gasteiger partial charge in [-0.25, -0.2) is 4.79 Å². The van der Waals surface area contributed by atoms with Crippen molar-refractivity contribution in [2.45, 2.75) is 25.8 Å². The Kier molecular flexibility index (Phi) is 3.89. The van der Waals surface area contributed by atoms with Gasteiger partial charge < -0.3 is 20.2 Å². The molecule has 0 radical (unpaired) electrons. The minimum Gasteiger partial charge on any atom is -0.309 e.